The van der Waals surface area contributed by atoms with Gasteiger partial charge in [0.05, 0.1) is 16.7 Å². The number of nitrogens with one attached hydrogen (secondary N) is 1. The fourth-order valence-corrected chi connectivity index (χ4v) is 4.08. The summed E-state index contributed by atoms with van der Waals surface area (Å²) in [6.45, 7) is 1.97. The molecule has 0 spiro atoms. The molecule has 0 aliphatic rings. The number of halogens is 2. The second kappa shape index (κ2) is 9.20. The lowest BCUT2D eigenvalue weighted by Crippen LogP contribution is -1.98. The SMILES string of the molecule is CC/C(=C(/c1ccc(/C=C/C(=O)O)cc1)c1ccc2[nH]ncc2c1)c1c(F)cccc1Cl. The summed E-state index contributed by atoms with van der Waals surface area (Å²) < 4.78 is 14.9. The van der Waals surface area contributed by atoms with Gasteiger partial charge >= 0.3 is 5.97 Å². The molecule has 0 atom stereocenters. The van der Waals surface area contributed by atoms with E-state index < -0.39 is 5.97 Å². The zero-order valence-electron chi connectivity index (χ0n) is 17.3. The lowest BCUT2D eigenvalue weighted by Gasteiger charge is -2.18. The zero-order chi connectivity index (χ0) is 22.7. The molecule has 0 saturated carbocycles. The Morgan fingerprint density at radius 3 is 2.56 bits per heavy atom. The second-order valence-electron chi connectivity index (χ2n) is 7.27. The average molecular weight is 447 g/mol. The van der Waals surface area contributed by atoms with Gasteiger partial charge in [0.1, 0.15) is 5.82 Å². The van der Waals surface area contributed by atoms with Crippen molar-refractivity contribution in [3.63, 3.8) is 0 Å². The minimum atomic E-state index is -1.01. The van der Waals surface area contributed by atoms with E-state index in [2.05, 4.69) is 10.2 Å². The number of rotatable bonds is 6. The summed E-state index contributed by atoms with van der Waals surface area (Å²) >= 11 is 6.44. The number of aromatic nitrogens is 2. The first-order chi connectivity index (χ1) is 15.5. The average Bonchev–Trinajstić information content (AvgIpc) is 3.25. The van der Waals surface area contributed by atoms with E-state index in [9.17, 15) is 9.18 Å². The molecule has 0 radical (unpaired) electrons. The minimum Gasteiger partial charge on any atom is -0.478 e. The summed E-state index contributed by atoms with van der Waals surface area (Å²) in [4.78, 5) is 10.8. The Morgan fingerprint density at radius 1 is 1.12 bits per heavy atom. The van der Waals surface area contributed by atoms with Crippen molar-refractivity contribution in [2.45, 2.75) is 13.3 Å². The van der Waals surface area contributed by atoms with Crippen LogP contribution in [-0.2, 0) is 4.79 Å². The molecule has 4 aromatic rings. The number of nitrogens with zero attached hydrogens (tertiary/aromatic N) is 1. The zero-order valence-corrected chi connectivity index (χ0v) is 18.0. The first kappa shape index (κ1) is 21.5. The maximum absolute atomic E-state index is 14.9. The summed E-state index contributed by atoms with van der Waals surface area (Å²) in [5.74, 6) is -1.39. The highest BCUT2D eigenvalue weighted by atomic mass is 35.5. The predicted octanol–water partition coefficient (Wildman–Crippen LogP) is 6.82. The quantitative estimate of drug-likeness (QED) is 0.252. The van der Waals surface area contributed by atoms with Crippen molar-refractivity contribution < 1.29 is 14.3 Å². The molecule has 0 amide bonds. The Bertz CT molecular complexity index is 1330. The van der Waals surface area contributed by atoms with Crippen molar-refractivity contribution in [2.24, 2.45) is 0 Å². The fourth-order valence-electron chi connectivity index (χ4n) is 3.81. The summed E-state index contributed by atoms with van der Waals surface area (Å²) in [5.41, 5.74) is 5.46. The summed E-state index contributed by atoms with van der Waals surface area (Å²) in [7, 11) is 0. The van der Waals surface area contributed by atoms with Gasteiger partial charge in [-0.2, -0.15) is 5.10 Å². The van der Waals surface area contributed by atoms with Crippen LogP contribution in [0, 0.1) is 5.82 Å². The number of hydrogen-bond donors (Lipinski definition) is 2. The van der Waals surface area contributed by atoms with Gasteiger partial charge in [0.2, 0.25) is 0 Å². The first-order valence-electron chi connectivity index (χ1n) is 10.1. The number of aromatic amines is 1. The highest BCUT2D eigenvalue weighted by Gasteiger charge is 2.18. The van der Waals surface area contributed by atoms with Crippen molar-refractivity contribution in [1.82, 2.24) is 10.2 Å². The largest absolute Gasteiger partial charge is 0.478 e. The molecule has 0 aliphatic carbocycles. The number of hydrogen-bond acceptors (Lipinski definition) is 2. The van der Waals surface area contributed by atoms with Crippen molar-refractivity contribution in [1.29, 1.82) is 0 Å². The number of H-pyrrole nitrogens is 1. The second-order valence-corrected chi connectivity index (χ2v) is 7.68. The van der Waals surface area contributed by atoms with Gasteiger partial charge in [-0.3, -0.25) is 5.10 Å². The molecule has 0 bridgehead atoms. The number of benzene rings is 3. The van der Waals surface area contributed by atoms with Crippen LogP contribution in [0.1, 0.15) is 35.6 Å². The number of fused-ring (bicyclic) bond motifs is 1. The number of carbonyl (C=O) groups is 1. The monoisotopic (exact) mass is 446 g/mol. The van der Waals surface area contributed by atoms with Crippen LogP contribution in [0.15, 0.2) is 72.9 Å². The van der Waals surface area contributed by atoms with E-state index in [1.54, 1.807) is 18.3 Å². The smallest absolute Gasteiger partial charge is 0.328 e. The van der Waals surface area contributed by atoms with Gasteiger partial charge in [0.25, 0.3) is 0 Å². The van der Waals surface area contributed by atoms with Crippen molar-refractivity contribution in [2.75, 3.05) is 0 Å². The van der Waals surface area contributed by atoms with Crippen LogP contribution in [0.25, 0.3) is 28.1 Å². The van der Waals surface area contributed by atoms with Crippen LogP contribution in [0.4, 0.5) is 4.39 Å². The lowest BCUT2D eigenvalue weighted by atomic mass is 9.87. The topological polar surface area (TPSA) is 66.0 Å². The highest BCUT2D eigenvalue weighted by Crippen LogP contribution is 2.39. The van der Waals surface area contributed by atoms with Crippen molar-refractivity contribution in [3.05, 3.63) is 106 Å². The molecule has 4 rings (SSSR count). The third kappa shape index (κ3) is 4.34. The van der Waals surface area contributed by atoms with Gasteiger partial charge in [-0.1, -0.05) is 54.9 Å². The Labute approximate surface area is 189 Å². The van der Waals surface area contributed by atoms with Crippen molar-refractivity contribution >= 4 is 45.7 Å². The molecular weight excluding hydrogens is 427 g/mol. The molecule has 1 heterocycles. The third-order valence-corrected chi connectivity index (χ3v) is 5.58. The van der Waals surface area contributed by atoms with E-state index in [0.29, 0.717) is 17.0 Å². The molecule has 0 unspecified atom stereocenters. The van der Waals surface area contributed by atoms with E-state index in [-0.39, 0.29) is 5.82 Å². The molecule has 2 N–H and O–H groups in total. The molecule has 32 heavy (non-hydrogen) atoms. The molecule has 6 heteroatoms. The third-order valence-electron chi connectivity index (χ3n) is 5.27. The predicted molar refractivity (Wildman–Crippen MR) is 127 cm³/mol. The lowest BCUT2D eigenvalue weighted by molar-refractivity contribution is -0.131. The van der Waals surface area contributed by atoms with E-state index >= 15 is 0 Å². The van der Waals surface area contributed by atoms with E-state index in [4.69, 9.17) is 16.7 Å². The van der Waals surface area contributed by atoms with Gasteiger partial charge in [-0.05, 0) is 64.6 Å². The van der Waals surface area contributed by atoms with Gasteiger partial charge < -0.3 is 5.11 Å². The van der Waals surface area contributed by atoms with Crippen LogP contribution in [0.3, 0.4) is 0 Å². The number of allylic oxidation sites excluding steroid dienone is 1. The maximum Gasteiger partial charge on any atom is 0.328 e. The van der Waals surface area contributed by atoms with Gasteiger partial charge in [-0.15, -0.1) is 0 Å². The highest BCUT2D eigenvalue weighted by molar-refractivity contribution is 6.32. The Hall–Kier alpha value is -3.70. The normalized spacial score (nSPS) is 12.3. The molecule has 1 aromatic heterocycles. The van der Waals surface area contributed by atoms with Crippen LogP contribution < -0.4 is 0 Å². The van der Waals surface area contributed by atoms with Gasteiger partial charge in [-0.25, -0.2) is 9.18 Å². The molecule has 0 fully saturated rings. The summed E-state index contributed by atoms with van der Waals surface area (Å²) in [6, 6.07) is 18.1. The van der Waals surface area contributed by atoms with Crippen LogP contribution in [0.5, 0.6) is 0 Å². The van der Waals surface area contributed by atoms with E-state index in [0.717, 1.165) is 44.8 Å². The molecule has 0 aliphatic heterocycles. The molecule has 160 valence electrons. The fraction of sp³-hybridized carbons (Fsp3) is 0.0769. The Balaban J connectivity index is 1.96. The van der Waals surface area contributed by atoms with Gasteiger partial charge in [0.15, 0.2) is 0 Å². The Kier molecular flexibility index (Phi) is 6.19. The number of carboxylic acid groups (broad SMARTS) is 1. The number of carboxylic acids is 1. The molecule has 4 nitrogen and oxygen atoms in total. The van der Waals surface area contributed by atoms with E-state index in [1.165, 1.54) is 12.1 Å². The minimum absolute atomic E-state index is 0.352. The molecule has 3 aromatic carbocycles. The Morgan fingerprint density at radius 2 is 1.88 bits per heavy atom. The van der Waals surface area contributed by atoms with Crippen LogP contribution >= 0.6 is 11.6 Å². The van der Waals surface area contributed by atoms with E-state index in [1.807, 2.05) is 49.4 Å². The van der Waals surface area contributed by atoms with Crippen LogP contribution in [0.2, 0.25) is 5.02 Å². The summed E-state index contributed by atoms with van der Waals surface area (Å²) in [6.07, 6.45) is 4.93. The molecular formula is C26H20ClFN2O2. The summed E-state index contributed by atoms with van der Waals surface area (Å²) in [5, 5.41) is 17.2. The molecule has 0 saturated heterocycles. The van der Waals surface area contributed by atoms with Gasteiger partial charge in [0, 0.05) is 17.0 Å². The standard InChI is InChI=1S/C26H20ClFN2O2/c1-2-20(26-21(27)4-3-5-22(26)28)25(18-11-12-23-19(14-18)15-29-30-23)17-9-6-16(7-10-17)8-13-24(31)32/h3-15H,2H2,1H3,(H,29,30)(H,31,32)/b13-8+,25-20+. The first-order valence-corrected chi connectivity index (χ1v) is 10.5. The number of aliphatic carboxylic acids is 1. The maximum atomic E-state index is 14.9. The van der Waals surface area contributed by atoms with Crippen LogP contribution in [-0.4, -0.2) is 21.3 Å². The van der Waals surface area contributed by atoms with Crippen molar-refractivity contribution in [3.8, 4) is 0 Å².